The Morgan fingerprint density at radius 2 is 1.92 bits per heavy atom. The predicted molar refractivity (Wildman–Crippen MR) is 88.9 cm³/mol. The van der Waals surface area contributed by atoms with E-state index in [2.05, 4.69) is 15.5 Å². The van der Waals surface area contributed by atoms with Crippen LogP contribution in [-0.4, -0.2) is 23.2 Å². The Kier molecular flexibility index (Phi) is 4.77. The number of carbonyl (C=O) groups excluding carboxylic acids is 1. The zero-order valence-corrected chi connectivity index (χ0v) is 13.6. The zero-order chi connectivity index (χ0) is 16.9. The van der Waals surface area contributed by atoms with Gasteiger partial charge < -0.3 is 14.5 Å². The number of amides is 1. The Morgan fingerprint density at radius 3 is 2.67 bits per heavy atom. The highest BCUT2D eigenvalue weighted by Crippen LogP contribution is 2.28. The lowest BCUT2D eigenvalue weighted by molar-refractivity contribution is 0.0917. The van der Waals surface area contributed by atoms with E-state index in [1.165, 1.54) is 0 Å². The monoisotopic (exact) mass is 343 g/mol. The molecule has 0 aliphatic rings. The van der Waals surface area contributed by atoms with Gasteiger partial charge in [0.2, 0.25) is 0 Å². The highest BCUT2D eigenvalue weighted by Gasteiger charge is 2.17. The molecular weight excluding hydrogens is 330 g/mol. The maximum absolute atomic E-state index is 12.1. The number of aromatic nitrogens is 2. The number of hydrogen-bond acceptors (Lipinski definition) is 5. The van der Waals surface area contributed by atoms with Crippen molar-refractivity contribution in [3.8, 4) is 17.2 Å². The third-order valence-corrected chi connectivity index (χ3v) is 3.57. The van der Waals surface area contributed by atoms with Crippen molar-refractivity contribution in [3.05, 3.63) is 65.0 Å². The summed E-state index contributed by atoms with van der Waals surface area (Å²) in [5, 5.41) is 11.1. The number of hydrogen-bond donors (Lipinski definition) is 1. The summed E-state index contributed by atoms with van der Waals surface area (Å²) in [5.74, 6) is 0.266. The largest absolute Gasteiger partial charge is 0.496 e. The molecule has 0 saturated carbocycles. The van der Waals surface area contributed by atoms with E-state index >= 15 is 0 Å². The van der Waals surface area contributed by atoms with Crippen LogP contribution in [-0.2, 0) is 6.54 Å². The molecule has 1 amide bonds. The van der Waals surface area contributed by atoms with Gasteiger partial charge in [-0.3, -0.25) is 4.79 Å². The van der Waals surface area contributed by atoms with E-state index in [1.807, 2.05) is 24.3 Å². The molecule has 1 N–H and O–H groups in total. The first-order valence-corrected chi connectivity index (χ1v) is 7.54. The average Bonchev–Trinajstić information content (AvgIpc) is 3.11. The smallest absolute Gasteiger partial charge is 0.309 e. The Morgan fingerprint density at radius 1 is 1.17 bits per heavy atom. The molecule has 2 aromatic carbocycles. The Labute approximate surface area is 143 Å². The van der Waals surface area contributed by atoms with Gasteiger partial charge in [0.25, 0.3) is 5.89 Å². The second-order valence-corrected chi connectivity index (χ2v) is 5.36. The molecule has 0 bridgehead atoms. The van der Waals surface area contributed by atoms with Gasteiger partial charge in [0.15, 0.2) is 0 Å². The summed E-state index contributed by atoms with van der Waals surface area (Å²) in [6.45, 7) is 0.336. The van der Waals surface area contributed by atoms with E-state index in [9.17, 15) is 4.79 Å². The lowest BCUT2D eigenvalue weighted by Gasteiger charge is -2.04. The van der Waals surface area contributed by atoms with Crippen LogP contribution < -0.4 is 10.1 Å². The minimum Gasteiger partial charge on any atom is -0.496 e. The normalized spacial score (nSPS) is 10.4. The highest BCUT2D eigenvalue weighted by molar-refractivity contribution is 6.30. The minimum absolute atomic E-state index is 0.107. The molecule has 1 aromatic heterocycles. The second kappa shape index (κ2) is 7.14. The molecule has 0 fully saturated rings. The van der Waals surface area contributed by atoms with Crippen LogP contribution in [0.25, 0.3) is 11.5 Å². The fourth-order valence-corrected chi connectivity index (χ4v) is 2.23. The van der Waals surface area contributed by atoms with Gasteiger partial charge >= 0.3 is 11.8 Å². The summed E-state index contributed by atoms with van der Waals surface area (Å²) in [6, 6.07) is 14.4. The van der Waals surface area contributed by atoms with Gasteiger partial charge in [0.1, 0.15) is 5.75 Å². The van der Waals surface area contributed by atoms with Crippen LogP contribution in [0.2, 0.25) is 5.02 Å². The van der Waals surface area contributed by atoms with E-state index in [4.69, 9.17) is 20.8 Å². The van der Waals surface area contributed by atoms with E-state index in [0.717, 1.165) is 5.56 Å². The summed E-state index contributed by atoms with van der Waals surface area (Å²) in [4.78, 5) is 12.1. The van der Waals surface area contributed by atoms with Crippen LogP contribution in [0.1, 0.15) is 16.2 Å². The molecule has 1 heterocycles. The van der Waals surface area contributed by atoms with Crippen LogP contribution >= 0.6 is 11.6 Å². The number of ether oxygens (including phenoxy) is 1. The summed E-state index contributed by atoms with van der Waals surface area (Å²) in [6.07, 6.45) is 0. The van der Waals surface area contributed by atoms with Crippen molar-refractivity contribution in [2.75, 3.05) is 7.11 Å². The van der Waals surface area contributed by atoms with E-state index < -0.39 is 5.91 Å². The SMILES string of the molecule is COc1ccccc1-c1nnc(C(=O)NCc2ccc(Cl)cc2)o1. The predicted octanol–water partition coefficient (Wildman–Crippen LogP) is 3.33. The minimum atomic E-state index is -0.446. The molecule has 0 unspecified atom stereocenters. The van der Waals surface area contributed by atoms with Crippen LogP contribution in [0.3, 0.4) is 0 Å². The number of nitrogens with zero attached hydrogens (tertiary/aromatic N) is 2. The first-order valence-electron chi connectivity index (χ1n) is 7.17. The second-order valence-electron chi connectivity index (χ2n) is 4.92. The number of benzene rings is 2. The van der Waals surface area contributed by atoms with Crippen molar-refractivity contribution >= 4 is 17.5 Å². The van der Waals surface area contributed by atoms with Crippen molar-refractivity contribution in [1.82, 2.24) is 15.5 Å². The van der Waals surface area contributed by atoms with Crippen molar-refractivity contribution in [2.45, 2.75) is 6.54 Å². The molecular formula is C17H14ClN3O3. The molecule has 0 atom stereocenters. The molecule has 3 rings (SSSR count). The van der Waals surface area contributed by atoms with Gasteiger partial charge in [0, 0.05) is 11.6 Å². The number of para-hydroxylation sites is 1. The summed E-state index contributed by atoms with van der Waals surface area (Å²) >= 11 is 5.83. The Bertz CT molecular complexity index is 846. The van der Waals surface area contributed by atoms with Crippen molar-refractivity contribution in [2.24, 2.45) is 0 Å². The van der Waals surface area contributed by atoms with Gasteiger partial charge in [0.05, 0.1) is 12.7 Å². The lowest BCUT2D eigenvalue weighted by Crippen LogP contribution is -2.23. The maximum atomic E-state index is 12.1. The number of methoxy groups -OCH3 is 1. The van der Waals surface area contributed by atoms with Gasteiger partial charge in [-0.1, -0.05) is 35.9 Å². The molecule has 24 heavy (non-hydrogen) atoms. The third kappa shape index (κ3) is 3.55. The van der Waals surface area contributed by atoms with Crippen LogP contribution in [0.4, 0.5) is 0 Å². The van der Waals surface area contributed by atoms with Crippen molar-refractivity contribution < 1.29 is 13.9 Å². The zero-order valence-electron chi connectivity index (χ0n) is 12.8. The number of halogens is 1. The lowest BCUT2D eigenvalue weighted by atomic mass is 10.2. The summed E-state index contributed by atoms with van der Waals surface area (Å²) < 4.78 is 10.7. The number of nitrogens with one attached hydrogen (secondary N) is 1. The molecule has 122 valence electrons. The average molecular weight is 344 g/mol. The molecule has 6 nitrogen and oxygen atoms in total. The van der Waals surface area contributed by atoms with Gasteiger partial charge in [-0.15, -0.1) is 10.2 Å². The molecule has 3 aromatic rings. The third-order valence-electron chi connectivity index (χ3n) is 3.32. The van der Waals surface area contributed by atoms with Gasteiger partial charge in [-0.2, -0.15) is 0 Å². The van der Waals surface area contributed by atoms with Crippen LogP contribution in [0.15, 0.2) is 52.9 Å². The molecule has 0 spiro atoms. The van der Waals surface area contributed by atoms with Crippen LogP contribution in [0.5, 0.6) is 5.75 Å². The van der Waals surface area contributed by atoms with Gasteiger partial charge in [-0.25, -0.2) is 0 Å². The first kappa shape index (κ1) is 16.0. The molecule has 0 saturated heterocycles. The van der Waals surface area contributed by atoms with Crippen molar-refractivity contribution in [3.63, 3.8) is 0 Å². The topological polar surface area (TPSA) is 77.2 Å². The van der Waals surface area contributed by atoms with E-state index in [0.29, 0.717) is 22.9 Å². The molecule has 7 heteroatoms. The van der Waals surface area contributed by atoms with Crippen LogP contribution in [0, 0.1) is 0 Å². The highest BCUT2D eigenvalue weighted by atomic mass is 35.5. The van der Waals surface area contributed by atoms with Gasteiger partial charge in [-0.05, 0) is 29.8 Å². The molecule has 0 aliphatic carbocycles. The van der Waals surface area contributed by atoms with E-state index in [1.54, 1.807) is 31.4 Å². The maximum Gasteiger partial charge on any atom is 0.309 e. The fraction of sp³-hybridized carbons (Fsp3) is 0.118. The quantitative estimate of drug-likeness (QED) is 0.768. The van der Waals surface area contributed by atoms with E-state index in [-0.39, 0.29) is 11.8 Å². The molecule has 0 aliphatic heterocycles. The summed E-state index contributed by atoms with van der Waals surface area (Å²) in [7, 11) is 1.55. The first-order chi connectivity index (χ1) is 11.7. The molecule has 0 radical (unpaired) electrons. The Balaban J connectivity index is 1.70. The fourth-order valence-electron chi connectivity index (χ4n) is 2.11. The summed E-state index contributed by atoms with van der Waals surface area (Å²) in [5.41, 5.74) is 1.54. The number of carbonyl (C=O) groups is 1. The standard InChI is InChI=1S/C17H14ClN3O3/c1-23-14-5-3-2-4-13(14)16-20-21-17(24-16)15(22)19-10-11-6-8-12(18)9-7-11/h2-9H,10H2,1H3,(H,19,22). The van der Waals surface area contributed by atoms with Crippen molar-refractivity contribution in [1.29, 1.82) is 0 Å². The Hall–Kier alpha value is -2.86. The number of rotatable bonds is 5.